The summed E-state index contributed by atoms with van der Waals surface area (Å²) in [6.45, 7) is 0.301. The van der Waals surface area contributed by atoms with Crippen molar-refractivity contribution >= 4 is 11.8 Å². The molecule has 7 heteroatoms. The van der Waals surface area contributed by atoms with Gasteiger partial charge < -0.3 is 13.9 Å². The van der Waals surface area contributed by atoms with Crippen molar-refractivity contribution in [3.8, 4) is 17.6 Å². The first-order valence-corrected chi connectivity index (χ1v) is 9.02. The van der Waals surface area contributed by atoms with Gasteiger partial charge in [0.25, 0.3) is 11.1 Å². The molecule has 3 aromatic rings. The third-order valence-electron chi connectivity index (χ3n) is 3.86. The van der Waals surface area contributed by atoms with Crippen LogP contribution >= 0.6 is 11.8 Å². The van der Waals surface area contributed by atoms with Gasteiger partial charge in [0.15, 0.2) is 11.5 Å². The van der Waals surface area contributed by atoms with Crippen molar-refractivity contribution in [2.75, 3.05) is 6.61 Å². The van der Waals surface area contributed by atoms with E-state index in [1.54, 1.807) is 0 Å². The number of nitriles is 1. The van der Waals surface area contributed by atoms with Gasteiger partial charge in [0, 0.05) is 0 Å². The maximum absolute atomic E-state index is 9.41. The summed E-state index contributed by atoms with van der Waals surface area (Å²) < 4.78 is 17.2. The number of ether oxygens (including phenoxy) is 2. The fraction of sp³-hybridized carbons (Fsp3) is 0.211. The maximum atomic E-state index is 9.41. The molecule has 26 heavy (non-hydrogen) atoms. The zero-order valence-electron chi connectivity index (χ0n) is 13.7. The Morgan fingerprint density at radius 2 is 1.85 bits per heavy atom. The maximum Gasteiger partial charge on any atom is 0.278 e. The quantitative estimate of drug-likeness (QED) is 0.636. The number of nitrogens with zero attached hydrogens (tertiary/aromatic N) is 3. The highest BCUT2D eigenvalue weighted by Crippen LogP contribution is 2.36. The van der Waals surface area contributed by atoms with E-state index in [0.29, 0.717) is 35.6 Å². The molecule has 1 aromatic heterocycles. The van der Waals surface area contributed by atoms with Gasteiger partial charge in [-0.05, 0) is 35.9 Å². The molecule has 0 amide bonds. The third kappa shape index (κ3) is 3.65. The molecule has 0 spiro atoms. The minimum atomic E-state index is -0.457. The fourth-order valence-electron chi connectivity index (χ4n) is 2.60. The lowest BCUT2D eigenvalue weighted by molar-refractivity contribution is 0.0686. The summed E-state index contributed by atoms with van der Waals surface area (Å²) in [7, 11) is 0. The number of hydrogen-bond donors (Lipinski definition) is 0. The number of rotatable bonds is 5. The molecule has 6 nitrogen and oxygen atoms in total. The highest BCUT2D eigenvalue weighted by molar-refractivity contribution is 7.99. The average molecular weight is 365 g/mol. The summed E-state index contributed by atoms with van der Waals surface area (Å²) in [5.74, 6) is 1.69. The zero-order valence-corrected chi connectivity index (χ0v) is 14.6. The molecule has 1 aliphatic heterocycles. The molecule has 0 saturated carbocycles. The monoisotopic (exact) mass is 365 g/mol. The molecular weight excluding hydrogens is 350 g/mol. The van der Waals surface area contributed by atoms with E-state index in [0.717, 1.165) is 5.56 Å². The fourth-order valence-corrected chi connectivity index (χ4v) is 3.40. The second-order valence-corrected chi connectivity index (χ2v) is 6.85. The SMILES string of the molecule is N#C[C@@H](Cc1ccccc1)Sc1nnc([C@H]2COc3ccccc3O2)o1. The molecule has 4 rings (SSSR count). The van der Waals surface area contributed by atoms with Gasteiger partial charge in [-0.2, -0.15) is 5.26 Å². The van der Waals surface area contributed by atoms with Gasteiger partial charge in [-0.1, -0.05) is 42.5 Å². The minimum Gasteiger partial charge on any atom is -0.485 e. The summed E-state index contributed by atoms with van der Waals surface area (Å²) in [6, 6.07) is 19.6. The second-order valence-electron chi connectivity index (χ2n) is 5.70. The van der Waals surface area contributed by atoms with Crippen LogP contribution in [0.3, 0.4) is 0 Å². The normalized spacial score (nSPS) is 16.7. The molecule has 1 aliphatic rings. The van der Waals surface area contributed by atoms with E-state index >= 15 is 0 Å². The Hall–Kier alpha value is -2.98. The number of benzene rings is 2. The highest BCUT2D eigenvalue weighted by atomic mass is 32.2. The molecule has 0 radical (unpaired) electrons. The third-order valence-corrected chi connectivity index (χ3v) is 4.78. The van der Waals surface area contributed by atoms with Gasteiger partial charge in [0.1, 0.15) is 11.9 Å². The van der Waals surface area contributed by atoms with Crippen LogP contribution in [0.2, 0.25) is 0 Å². The number of para-hydroxylation sites is 2. The molecule has 130 valence electrons. The van der Waals surface area contributed by atoms with E-state index in [-0.39, 0.29) is 5.25 Å². The van der Waals surface area contributed by atoms with Crippen LogP contribution in [0.4, 0.5) is 0 Å². The molecule has 2 aromatic carbocycles. The van der Waals surface area contributed by atoms with Crippen LogP contribution in [-0.2, 0) is 6.42 Å². The predicted octanol–water partition coefficient (Wildman–Crippen LogP) is 3.81. The first-order chi connectivity index (χ1) is 12.8. The Balaban J connectivity index is 1.42. The van der Waals surface area contributed by atoms with Crippen molar-refractivity contribution in [3.05, 3.63) is 66.1 Å². The van der Waals surface area contributed by atoms with Gasteiger partial charge in [0.2, 0.25) is 6.10 Å². The molecule has 0 fully saturated rings. The van der Waals surface area contributed by atoms with Crippen molar-refractivity contribution in [3.63, 3.8) is 0 Å². The highest BCUT2D eigenvalue weighted by Gasteiger charge is 2.28. The number of fused-ring (bicyclic) bond motifs is 1. The summed E-state index contributed by atoms with van der Waals surface area (Å²) in [6.07, 6.45) is 0.150. The van der Waals surface area contributed by atoms with E-state index in [4.69, 9.17) is 13.9 Å². The topological polar surface area (TPSA) is 81.2 Å². The lowest BCUT2D eigenvalue weighted by atomic mass is 10.1. The summed E-state index contributed by atoms with van der Waals surface area (Å²) >= 11 is 1.26. The lowest BCUT2D eigenvalue weighted by Crippen LogP contribution is -2.21. The largest absolute Gasteiger partial charge is 0.485 e. The Labute approximate surface area is 154 Å². The van der Waals surface area contributed by atoms with Crippen LogP contribution in [-0.4, -0.2) is 22.1 Å². The molecule has 2 atom stereocenters. The van der Waals surface area contributed by atoms with E-state index in [2.05, 4.69) is 16.3 Å². The van der Waals surface area contributed by atoms with Gasteiger partial charge in [0.05, 0.1) is 6.07 Å². The Bertz CT molecular complexity index is 923. The number of thioether (sulfide) groups is 1. The molecule has 2 heterocycles. The van der Waals surface area contributed by atoms with Crippen LogP contribution in [0.5, 0.6) is 11.5 Å². The van der Waals surface area contributed by atoms with Crippen molar-refractivity contribution in [1.29, 1.82) is 5.26 Å². The van der Waals surface area contributed by atoms with Gasteiger partial charge in [-0.15, -0.1) is 10.2 Å². The smallest absolute Gasteiger partial charge is 0.278 e. The summed E-state index contributed by atoms with van der Waals surface area (Å²) in [5.41, 5.74) is 1.09. The van der Waals surface area contributed by atoms with Crippen molar-refractivity contribution in [1.82, 2.24) is 10.2 Å². The zero-order chi connectivity index (χ0) is 17.8. The Morgan fingerprint density at radius 3 is 2.65 bits per heavy atom. The minimum absolute atomic E-state index is 0.301. The number of hydrogen-bond acceptors (Lipinski definition) is 7. The van der Waals surface area contributed by atoms with E-state index in [1.807, 2.05) is 54.6 Å². The summed E-state index contributed by atoms with van der Waals surface area (Å²) in [5, 5.41) is 17.5. The molecule has 0 bridgehead atoms. The lowest BCUT2D eigenvalue weighted by Gasteiger charge is -2.23. The molecule has 0 saturated heterocycles. The molecule has 0 N–H and O–H groups in total. The van der Waals surface area contributed by atoms with E-state index < -0.39 is 6.10 Å². The van der Waals surface area contributed by atoms with Crippen LogP contribution in [0.1, 0.15) is 17.6 Å². The first kappa shape index (κ1) is 16.5. The van der Waals surface area contributed by atoms with Crippen molar-refractivity contribution in [2.45, 2.75) is 23.0 Å². The van der Waals surface area contributed by atoms with Crippen LogP contribution in [0.25, 0.3) is 0 Å². The first-order valence-electron chi connectivity index (χ1n) is 8.14. The molecular formula is C19H15N3O3S. The molecule has 0 unspecified atom stereocenters. The number of aromatic nitrogens is 2. The Kier molecular flexibility index (Phi) is 4.75. The van der Waals surface area contributed by atoms with Gasteiger partial charge in [-0.3, -0.25) is 0 Å². The standard InChI is InChI=1S/C19H15N3O3S/c20-11-14(10-13-6-2-1-3-7-13)26-19-22-21-18(25-19)17-12-23-15-8-4-5-9-16(15)24-17/h1-9,14,17H,10,12H2/t14-,17-/m1/s1. The van der Waals surface area contributed by atoms with E-state index in [1.165, 1.54) is 11.8 Å². The van der Waals surface area contributed by atoms with Crippen LogP contribution < -0.4 is 9.47 Å². The predicted molar refractivity (Wildman–Crippen MR) is 95.0 cm³/mol. The van der Waals surface area contributed by atoms with E-state index in [9.17, 15) is 5.26 Å². The van der Waals surface area contributed by atoms with Gasteiger partial charge in [-0.25, -0.2) is 0 Å². The summed E-state index contributed by atoms with van der Waals surface area (Å²) in [4.78, 5) is 0. The second kappa shape index (κ2) is 7.50. The average Bonchev–Trinajstić information content (AvgIpc) is 3.16. The Morgan fingerprint density at radius 1 is 1.08 bits per heavy atom. The molecule has 0 aliphatic carbocycles. The van der Waals surface area contributed by atoms with Gasteiger partial charge >= 0.3 is 0 Å². The van der Waals surface area contributed by atoms with Crippen LogP contribution in [0, 0.1) is 11.3 Å². The van der Waals surface area contributed by atoms with Crippen LogP contribution in [0.15, 0.2) is 64.2 Å². The van der Waals surface area contributed by atoms with Crippen molar-refractivity contribution < 1.29 is 13.9 Å². The van der Waals surface area contributed by atoms with Crippen molar-refractivity contribution in [2.24, 2.45) is 0 Å².